The highest BCUT2D eigenvalue weighted by molar-refractivity contribution is 7.80. The van der Waals surface area contributed by atoms with E-state index < -0.39 is 13.4 Å². The molecule has 0 spiro atoms. The van der Waals surface area contributed by atoms with Crippen LogP contribution in [0.3, 0.4) is 0 Å². The molecule has 2 nitrogen and oxygen atoms in total. The third kappa shape index (κ3) is 3.93. The Morgan fingerprint density at radius 3 is 1.32 bits per heavy atom. The van der Waals surface area contributed by atoms with Crippen molar-refractivity contribution in [3.8, 4) is 0 Å². The van der Waals surface area contributed by atoms with Crippen molar-refractivity contribution in [1.82, 2.24) is 0 Å². The molecule has 1 unspecified atom stereocenters. The second kappa shape index (κ2) is 6.00. The molecule has 0 aliphatic rings. The van der Waals surface area contributed by atoms with E-state index in [9.17, 15) is 5.11 Å². The molecule has 0 saturated carbocycles. The Morgan fingerprint density at radius 1 is 0.789 bits per heavy atom. The average molecular weight is 291 g/mol. The van der Waals surface area contributed by atoms with Crippen molar-refractivity contribution in [1.29, 1.82) is 0 Å². The van der Waals surface area contributed by atoms with Gasteiger partial charge in [-0.05, 0) is 62.3 Å². The van der Waals surface area contributed by atoms with Gasteiger partial charge < -0.3 is 10.2 Å². The maximum atomic E-state index is 9.79. The predicted octanol–water partition coefficient (Wildman–Crippen LogP) is 4.14. The lowest BCUT2D eigenvalue weighted by Crippen LogP contribution is -2.46. The molecule has 0 bridgehead atoms. The van der Waals surface area contributed by atoms with E-state index in [0.29, 0.717) is 6.42 Å². The molecule has 3 heteroatoms. The Kier molecular flexibility index (Phi) is 6.11. The standard InChI is InChI=1S/C16H36O2P/c1-14(2,3)19(15(4,5)6,16(7,8)9)11-10-13(18)12-17/h13,17-18H,10-12H2,1-9H3/q+1. The van der Waals surface area contributed by atoms with Gasteiger partial charge in [0.05, 0.1) is 34.3 Å². The van der Waals surface area contributed by atoms with Crippen LogP contribution in [0.4, 0.5) is 0 Å². The lowest BCUT2D eigenvalue weighted by molar-refractivity contribution is 0.0926. The highest BCUT2D eigenvalue weighted by Crippen LogP contribution is 2.83. The zero-order valence-corrected chi connectivity index (χ0v) is 15.4. The quantitative estimate of drug-likeness (QED) is 0.764. The smallest absolute Gasteiger partial charge is 0.0805 e. The van der Waals surface area contributed by atoms with Gasteiger partial charge in [0.25, 0.3) is 0 Å². The Hall–Kier alpha value is 0.350. The fraction of sp³-hybridized carbons (Fsp3) is 1.00. The van der Waals surface area contributed by atoms with E-state index in [0.717, 1.165) is 6.16 Å². The summed E-state index contributed by atoms with van der Waals surface area (Å²) in [6, 6.07) is 0. The van der Waals surface area contributed by atoms with Crippen LogP contribution in [-0.2, 0) is 0 Å². The molecule has 0 amide bonds. The summed E-state index contributed by atoms with van der Waals surface area (Å²) in [6.45, 7) is 21.0. The molecule has 0 rings (SSSR count). The Bertz CT molecular complexity index is 243. The third-order valence-electron chi connectivity index (χ3n) is 4.44. The summed E-state index contributed by atoms with van der Waals surface area (Å²) >= 11 is 0. The van der Waals surface area contributed by atoms with E-state index >= 15 is 0 Å². The lowest BCUT2D eigenvalue weighted by atomic mass is 10.2. The first-order valence-corrected chi connectivity index (χ1v) is 9.35. The summed E-state index contributed by atoms with van der Waals surface area (Å²) in [7, 11) is -1.39. The van der Waals surface area contributed by atoms with Crippen LogP contribution >= 0.6 is 7.26 Å². The predicted molar refractivity (Wildman–Crippen MR) is 88.8 cm³/mol. The van der Waals surface area contributed by atoms with Crippen LogP contribution in [0.5, 0.6) is 0 Å². The van der Waals surface area contributed by atoms with Crippen molar-refractivity contribution in [2.24, 2.45) is 0 Å². The van der Waals surface area contributed by atoms with Gasteiger partial charge >= 0.3 is 0 Å². The van der Waals surface area contributed by atoms with Crippen LogP contribution < -0.4 is 0 Å². The van der Waals surface area contributed by atoms with Gasteiger partial charge in [0.15, 0.2) is 0 Å². The van der Waals surface area contributed by atoms with Crippen LogP contribution in [-0.4, -0.2) is 44.6 Å². The summed E-state index contributed by atoms with van der Waals surface area (Å²) < 4.78 is 0. The monoisotopic (exact) mass is 291 g/mol. The van der Waals surface area contributed by atoms with Crippen LogP contribution in [0.15, 0.2) is 0 Å². The van der Waals surface area contributed by atoms with Crippen molar-refractivity contribution >= 4 is 7.26 Å². The molecule has 2 N–H and O–H groups in total. The van der Waals surface area contributed by atoms with E-state index in [2.05, 4.69) is 62.3 Å². The fourth-order valence-corrected chi connectivity index (χ4v) is 13.2. The first kappa shape index (κ1) is 19.4. The lowest BCUT2D eigenvalue weighted by Gasteiger charge is -2.54. The second-order valence-corrected chi connectivity index (χ2v) is 14.8. The molecular formula is C16H36O2P+. The SMILES string of the molecule is CC(C)(C)[P+](CCC(O)CO)(C(C)(C)C)C(C)(C)C. The third-order valence-corrected chi connectivity index (χ3v) is 12.2. The minimum absolute atomic E-state index is 0.127. The molecule has 0 aromatic rings. The molecule has 0 aromatic heterocycles. The van der Waals surface area contributed by atoms with Gasteiger partial charge in [-0.1, -0.05) is 0 Å². The molecule has 19 heavy (non-hydrogen) atoms. The van der Waals surface area contributed by atoms with Crippen LogP contribution in [0.1, 0.15) is 68.7 Å². The van der Waals surface area contributed by atoms with Crippen molar-refractivity contribution < 1.29 is 10.2 Å². The Morgan fingerprint density at radius 2 is 1.11 bits per heavy atom. The topological polar surface area (TPSA) is 40.5 Å². The fourth-order valence-electron chi connectivity index (χ4n) is 4.46. The van der Waals surface area contributed by atoms with Crippen molar-refractivity contribution in [2.45, 2.75) is 90.3 Å². The van der Waals surface area contributed by atoms with Crippen LogP contribution in [0.25, 0.3) is 0 Å². The molecule has 0 saturated heterocycles. The molecule has 0 radical (unpaired) electrons. The highest BCUT2D eigenvalue weighted by Gasteiger charge is 2.63. The molecule has 1 atom stereocenters. The minimum Gasteiger partial charge on any atom is -0.394 e. The summed E-state index contributed by atoms with van der Waals surface area (Å²) in [5.41, 5.74) is 0. The summed E-state index contributed by atoms with van der Waals surface area (Å²) in [5, 5.41) is 19.6. The summed E-state index contributed by atoms with van der Waals surface area (Å²) in [4.78, 5) is 0. The number of aliphatic hydroxyl groups excluding tert-OH is 2. The highest BCUT2D eigenvalue weighted by atomic mass is 31.2. The molecule has 0 fully saturated rings. The average Bonchev–Trinajstić information content (AvgIpc) is 2.11. The van der Waals surface area contributed by atoms with E-state index in [4.69, 9.17) is 5.11 Å². The van der Waals surface area contributed by atoms with Gasteiger partial charge in [-0.25, -0.2) is 0 Å². The summed E-state index contributed by atoms with van der Waals surface area (Å²) in [5.74, 6) is 0. The zero-order valence-electron chi connectivity index (χ0n) is 14.5. The van der Waals surface area contributed by atoms with E-state index in [1.54, 1.807) is 0 Å². The van der Waals surface area contributed by atoms with Gasteiger partial charge in [-0.3, -0.25) is 0 Å². The van der Waals surface area contributed by atoms with Crippen molar-refractivity contribution in [3.05, 3.63) is 0 Å². The minimum atomic E-state index is -1.39. The first-order valence-electron chi connectivity index (χ1n) is 7.38. The zero-order chi connectivity index (χ0) is 15.7. The molecule has 0 aliphatic carbocycles. The normalized spacial score (nSPS) is 16.6. The Labute approximate surface area is 121 Å². The first-order chi connectivity index (χ1) is 8.20. The van der Waals surface area contributed by atoms with E-state index in [-0.39, 0.29) is 22.1 Å². The van der Waals surface area contributed by atoms with Gasteiger partial charge in [0.2, 0.25) is 0 Å². The molecular weight excluding hydrogens is 255 g/mol. The maximum absolute atomic E-state index is 9.79. The van der Waals surface area contributed by atoms with E-state index in [1.807, 2.05) is 0 Å². The van der Waals surface area contributed by atoms with Gasteiger partial charge in [0, 0.05) is 13.7 Å². The largest absolute Gasteiger partial charge is 0.394 e. The molecule has 0 aliphatic heterocycles. The van der Waals surface area contributed by atoms with E-state index in [1.165, 1.54) is 0 Å². The van der Waals surface area contributed by atoms with Gasteiger partial charge in [-0.2, -0.15) is 0 Å². The molecule has 116 valence electrons. The second-order valence-electron chi connectivity index (χ2n) is 8.67. The van der Waals surface area contributed by atoms with Crippen molar-refractivity contribution in [2.75, 3.05) is 12.8 Å². The van der Waals surface area contributed by atoms with Crippen molar-refractivity contribution in [3.63, 3.8) is 0 Å². The maximum Gasteiger partial charge on any atom is 0.0805 e. The Balaban J connectivity index is 5.69. The number of rotatable bonds is 4. The van der Waals surface area contributed by atoms with Crippen LogP contribution in [0, 0.1) is 0 Å². The molecule has 0 heterocycles. The molecule has 0 aromatic carbocycles. The van der Waals surface area contributed by atoms with Gasteiger partial charge in [-0.15, -0.1) is 0 Å². The summed E-state index contributed by atoms with van der Waals surface area (Å²) in [6.07, 6.45) is 1.16. The number of aliphatic hydroxyl groups is 2. The van der Waals surface area contributed by atoms with Gasteiger partial charge in [0.1, 0.15) is 0 Å². The number of hydrogen-bond donors (Lipinski definition) is 2. The number of hydrogen-bond acceptors (Lipinski definition) is 2. The van der Waals surface area contributed by atoms with Crippen LogP contribution in [0.2, 0.25) is 0 Å².